The number of carbonyl (C=O) groups is 2. The van der Waals surface area contributed by atoms with E-state index in [9.17, 15) is 9.59 Å². The van der Waals surface area contributed by atoms with Crippen molar-refractivity contribution in [3.63, 3.8) is 0 Å². The first-order valence-corrected chi connectivity index (χ1v) is 8.19. The minimum Gasteiger partial charge on any atom is -0.483 e. The summed E-state index contributed by atoms with van der Waals surface area (Å²) in [6.07, 6.45) is 0.488. The summed E-state index contributed by atoms with van der Waals surface area (Å²) in [6, 6.07) is 10.7. The van der Waals surface area contributed by atoms with Crippen molar-refractivity contribution >= 4 is 29.0 Å². The van der Waals surface area contributed by atoms with Crippen molar-refractivity contribution in [2.24, 2.45) is 0 Å². The Morgan fingerprint density at radius 2 is 2.04 bits per heavy atom. The van der Waals surface area contributed by atoms with Gasteiger partial charge in [0.15, 0.2) is 12.4 Å². The van der Waals surface area contributed by atoms with E-state index in [2.05, 4.69) is 5.32 Å². The molecular weight excluding hydrogens is 326 g/mol. The molecule has 4 nitrogen and oxygen atoms in total. The molecule has 0 saturated heterocycles. The third kappa shape index (κ3) is 3.15. The maximum Gasteiger partial charge on any atom is 0.262 e. The fourth-order valence-electron chi connectivity index (χ4n) is 3.12. The van der Waals surface area contributed by atoms with E-state index >= 15 is 0 Å². The van der Waals surface area contributed by atoms with Crippen molar-refractivity contribution < 1.29 is 14.3 Å². The number of nitrogens with one attached hydrogen (secondary N) is 1. The monoisotopic (exact) mass is 343 g/mol. The molecule has 24 heavy (non-hydrogen) atoms. The molecule has 0 unspecified atom stereocenters. The first-order valence-electron chi connectivity index (χ1n) is 7.81. The molecule has 124 valence electrons. The minimum atomic E-state index is -0.323. The van der Waals surface area contributed by atoms with E-state index in [-0.39, 0.29) is 24.2 Å². The molecule has 0 aliphatic heterocycles. The van der Waals surface area contributed by atoms with Crippen LogP contribution in [0.5, 0.6) is 5.75 Å². The lowest BCUT2D eigenvalue weighted by Crippen LogP contribution is -2.21. The second-order valence-corrected chi connectivity index (χ2v) is 6.42. The van der Waals surface area contributed by atoms with Gasteiger partial charge >= 0.3 is 0 Å². The number of hydrogen-bond donors (Lipinski definition) is 1. The lowest BCUT2D eigenvalue weighted by Gasteiger charge is -2.13. The molecule has 1 N–H and O–H groups in total. The van der Waals surface area contributed by atoms with Gasteiger partial charge in [0.25, 0.3) is 5.91 Å². The number of halogens is 1. The van der Waals surface area contributed by atoms with Gasteiger partial charge in [0.1, 0.15) is 5.75 Å². The fourth-order valence-corrected chi connectivity index (χ4v) is 3.30. The van der Waals surface area contributed by atoms with Crippen LogP contribution in [0.25, 0.3) is 0 Å². The molecule has 0 radical (unpaired) electrons. The molecule has 1 aliphatic rings. The molecule has 2 aromatic rings. The molecule has 1 atom stereocenters. The topological polar surface area (TPSA) is 55.4 Å². The molecule has 0 heterocycles. The highest BCUT2D eigenvalue weighted by Crippen LogP contribution is 2.40. The van der Waals surface area contributed by atoms with Crippen LogP contribution in [-0.4, -0.2) is 18.3 Å². The molecule has 0 fully saturated rings. The van der Waals surface area contributed by atoms with E-state index in [0.717, 1.165) is 11.1 Å². The van der Waals surface area contributed by atoms with Crippen LogP contribution >= 0.6 is 11.6 Å². The Bertz CT molecular complexity index is 816. The number of fused-ring (bicyclic) bond motifs is 1. The fraction of sp³-hybridized carbons (Fsp3) is 0.263. The SMILES string of the molecule is Cc1ccc(OCC(=O)Nc2ccccc2Cl)c2c1[C@H](C)CC2=O. The third-order valence-electron chi connectivity index (χ3n) is 4.20. The Morgan fingerprint density at radius 1 is 1.29 bits per heavy atom. The normalized spacial score (nSPS) is 16.0. The van der Waals surface area contributed by atoms with Gasteiger partial charge in [0.05, 0.1) is 16.3 Å². The zero-order chi connectivity index (χ0) is 17.3. The van der Waals surface area contributed by atoms with Gasteiger partial charge in [-0.3, -0.25) is 9.59 Å². The minimum absolute atomic E-state index is 0.0720. The summed E-state index contributed by atoms with van der Waals surface area (Å²) in [5.74, 6) is 0.408. The van der Waals surface area contributed by atoms with Crippen molar-refractivity contribution in [2.45, 2.75) is 26.2 Å². The van der Waals surface area contributed by atoms with E-state index in [1.165, 1.54) is 0 Å². The van der Waals surface area contributed by atoms with Gasteiger partial charge in [0.2, 0.25) is 0 Å². The van der Waals surface area contributed by atoms with Crippen molar-refractivity contribution in [3.8, 4) is 5.75 Å². The summed E-state index contributed by atoms with van der Waals surface area (Å²) < 4.78 is 5.62. The molecule has 3 rings (SSSR count). The van der Waals surface area contributed by atoms with E-state index < -0.39 is 0 Å². The standard InChI is InChI=1S/C19H18ClNO3/c1-11-7-8-16(19-15(22)9-12(2)18(11)19)24-10-17(23)21-14-6-4-3-5-13(14)20/h3-8,12H,9-10H2,1-2H3,(H,21,23)/t12-/m1/s1. The van der Waals surface area contributed by atoms with Crippen LogP contribution in [0.15, 0.2) is 36.4 Å². The maximum atomic E-state index is 12.2. The number of carbonyl (C=O) groups excluding carboxylic acids is 2. The molecular formula is C19H18ClNO3. The number of aryl methyl sites for hydroxylation is 1. The van der Waals surface area contributed by atoms with E-state index in [1.807, 2.05) is 19.9 Å². The first-order chi connectivity index (χ1) is 11.5. The van der Waals surface area contributed by atoms with Crippen LogP contribution in [0.3, 0.4) is 0 Å². The summed E-state index contributed by atoms with van der Waals surface area (Å²) >= 11 is 6.01. The average molecular weight is 344 g/mol. The highest BCUT2D eigenvalue weighted by Gasteiger charge is 2.31. The van der Waals surface area contributed by atoms with Gasteiger partial charge in [-0.05, 0) is 42.2 Å². The second kappa shape index (κ2) is 6.65. The zero-order valence-corrected chi connectivity index (χ0v) is 14.3. The van der Waals surface area contributed by atoms with Crippen LogP contribution < -0.4 is 10.1 Å². The summed E-state index contributed by atoms with van der Waals surface area (Å²) in [5, 5.41) is 3.16. The van der Waals surface area contributed by atoms with Crippen LogP contribution in [0.1, 0.15) is 40.7 Å². The Labute approximate surface area is 145 Å². The van der Waals surface area contributed by atoms with Gasteiger partial charge in [-0.2, -0.15) is 0 Å². The van der Waals surface area contributed by atoms with Crippen LogP contribution in [0.2, 0.25) is 5.02 Å². The van der Waals surface area contributed by atoms with Gasteiger partial charge < -0.3 is 10.1 Å². The highest BCUT2D eigenvalue weighted by molar-refractivity contribution is 6.33. The molecule has 1 aliphatic carbocycles. The largest absolute Gasteiger partial charge is 0.483 e. The summed E-state index contributed by atoms with van der Waals surface area (Å²) in [7, 11) is 0. The molecule has 0 aromatic heterocycles. The number of benzene rings is 2. The Hall–Kier alpha value is -2.33. The third-order valence-corrected chi connectivity index (χ3v) is 4.52. The number of rotatable bonds is 4. The number of Topliss-reactive ketones (excluding diaryl/α,β-unsaturated/α-hetero) is 1. The van der Waals surface area contributed by atoms with E-state index in [0.29, 0.717) is 28.4 Å². The summed E-state index contributed by atoms with van der Waals surface area (Å²) in [5.41, 5.74) is 3.26. The number of anilines is 1. The molecule has 1 amide bonds. The van der Waals surface area contributed by atoms with Crippen molar-refractivity contribution in [1.82, 2.24) is 0 Å². The predicted octanol–water partition coefficient (Wildman–Crippen LogP) is 4.36. The quantitative estimate of drug-likeness (QED) is 0.897. The summed E-state index contributed by atoms with van der Waals surface area (Å²) in [6.45, 7) is 3.84. The highest BCUT2D eigenvalue weighted by atomic mass is 35.5. The number of para-hydroxylation sites is 1. The van der Waals surface area contributed by atoms with Gasteiger partial charge in [-0.15, -0.1) is 0 Å². The number of ketones is 1. The Kier molecular flexibility index (Phi) is 4.58. The lowest BCUT2D eigenvalue weighted by molar-refractivity contribution is -0.118. The van der Waals surface area contributed by atoms with Crippen LogP contribution in [-0.2, 0) is 4.79 Å². The molecule has 0 spiro atoms. The Balaban J connectivity index is 1.73. The van der Waals surface area contributed by atoms with Crippen molar-refractivity contribution in [3.05, 3.63) is 58.1 Å². The van der Waals surface area contributed by atoms with Crippen molar-refractivity contribution in [1.29, 1.82) is 0 Å². The number of amides is 1. The Morgan fingerprint density at radius 3 is 2.79 bits per heavy atom. The summed E-state index contributed by atoms with van der Waals surface area (Å²) in [4.78, 5) is 24.3. The zero-order valence-electron chi connectivity index (χ0n) is 13.6. The van der Waals surface area contributed by atoms with Crippen molar-refractivity contribution in [2.75, 3.05) is 11.9 Å². The second-order valence-electron chi connectivity index (χ2n) is 6.01. The first kappa shape index (κ1) is 16.5. The molecule has 2 aromatic carbocycles. The van der Waals surface area contributed by atoms with Crippen LogP contribution in [0.4, 0.5) is 5.69 Å². The van der Waals surface area contributed by atoms with Crippen LogP contribution in [0, 0.1) is 6.92 Å². The van der Waals surface area contributed by atoms with Gasteiger partial charge in [-0.1, -0.05) is 36.7 Å². The number of ether oxygens (including phenoxy) is 1. The predicted molar refractivity (Wildman–Crippen MR) is 94.1 cm³/mol. The molecule has 5 heteroatoms. The van der Waals surface area contributed by atoms with Gasteiger partial charge in [0, 0.05) is 6.42 Å². The number of hydrogen-bond acceptors (Lipinski definition) is 3. The average Bonchev–Trinajstić information content (AvgIpc) is 2.85. The van der Waals surface area contributed by atoms with Gasteiger partial charge in [-0.25, -0.2) is 0 Å². The maximum absolute atomic E-state index is 12.2. The molecule has 0 saturated carbocycles. The lowest BCUT2D eigenvalue weighted by atomic mass is 9.97. The van der Waals surface area contributed by atoms with E-state index in [1.54, 1.807) is 30.3 Å². The molecule has 0 bridgehead atoms. The van der Waals surface area contributed by atoms with E-state index in [4.69, 9.17) is 16.3 Å². The smallest absolute Gasteiger partial charge is 0.262 e.